The number of hydrogen-bond acceptors (Lipinski definition) is 5. The first kappa shape index (κ1) is 13.9. The lowest BCUT2D eigenvalue weighted by Gasteiger charge is -2.11. The molecule has 0 aliphatic heterocycles. The number of anilines is 1. The number of nitrogens with zero attached hydrogens (tertiary/aromatic N) is 2. The van der Waals surface area contributed by atoms with Crippen LogP contribution in [-0.2, 0) is 26.1 Å². The van der Waals surface area contributed by atoms with Gasteiger partial charge in [-0.25, -0.2) is 8.42 Å². The molecule has 8 heteroatoms. The predicted molar refractivity (Wildman–Crippen MR) is 69.0 cm³/mol. The van der Waals surface area contributed by atoms with E-state index in [1.807, 2.05) is 0 Å². The number of methoxy groups -OCH3 is 1. The zero-order valence-corrected chi connectivity index (χ0v) is 11.5. The fourth-order valence-electron chi connectivity index (χ4n) is 2.15. The number of carbonyl (C=O) groups excluding carboxylic acids is 1. The number of rotatable bonds is 5. The van der Waals surface area contributed by atoms with Gasteiger partial charge in [-0.15, -0.1) is 0 Å². The molecule has 106 valence electrons. The molecule has 0 amide bonds. The second-order valence-corrected chi connectivity index (χ2v) is 6.52. The van der Waals surface area contributed by atoms with Gasteiger partial charge in [0.2, 0.25) is 10.0 Å². The van der Waals surface area contributed by atoms with Gasteiger partial charge in [-0.1, -0.05) is 12.8 Å². The van der Waals surface area contributed by atoms with Crippen LogP contribution in [0.5, 0.6) is 0 Å². The summed E-state index contributed by atoms with van der Waals surface area (Å²) >= 11 is 0. The van der Waals surface area contributed by atoms with Crippen LogP contribution in [-0.4, -0.2) is 36.5 Å². The topological polar surface area (TPSA) is 90.3 Å². The highest BCUT2D eigenvalue weighted by Gasteiger charge is 2.28. The number of esters is 1. The minimum Gasteiger partial charge on any atom is -0.468 e. The molecule has 1 aromatic heterocycles. The Labute approximate surface area is 112 Å². The van der Waals surface area contributed by atoms with Crippen LogP contribution in [0.1, 0.15) is 25.7 Å². The summed E-state index contributed by atoms with van der Waals surface area (Å²) in [5.41, 5.74) is 0.371. The number of aromatic nitrogens is 2. The molecule has 1 heterocycles. The van der Waals surface area contributed by atoms with Gasteiger partial charge in [0, 0.05) is 6.20 Å². The Morgan fingerprint density at radius 2 is 2.21 bits per heavy atom. The molecule has 1 aliphatic rings. The van der Waals surface area contributed by atoms with Crippen LogP contribution in [0.15, 0.2) is 12.4 Å². The van der Waals surface area contributed by atoms with Crippen molar-refractivity contribution in [2.75, 3.05) is 11.8 Å². The van der Waals surface area contributed by atoms with Gasteiger partial charge >= 0.3 is 5.97 Å². The first-order valence-electron chi connectivity index (χ1n) is 6.12. The van der Waals surface area contributed by atoms with Crippen LogP contribution in [0, 0.1) is 0 Å². The van der Waals surface area contributed by atoms with Gasteiger partial charge < -0.3 is 4.74 Å². The summed E-state index contributed by atoms with van der Waals surface area (Å²) in [6, 6.07) is 0. The Balaban J connectivity index is 2.01. The minimum absolute atomic E-state index is 0.0400. The fourth-order valence-corrected chi connectivity index (χ4v) is 3.70. The molecule has 19 heavy (non-hydrogen) atoms. The molecule has 0 radical (unpaired) electrons. The Morgan fingerprint density at radius 3 is 2.84 bits per heavy atom. The molecule has 0 unspecified atom stereocenters. The van der Waals surface area contributed by atoms with Crippen molar-refractivity contribution in [2.45, 2.75) is 37.5 Å². The number of carbonyl (C=O) groups is 1. The first-order chi connectivity index (χ1) is 9.01. The third-order valence-electron chi connectivity index (χ3n) is 3.15. The van der Waals surface area contributed by atoms with Gasteiger partial charge in [0.05, 0.1) is 24.2 Å². The van der Waals surface area contributed by atoms with E-state index in [4.69, 9.17) is 0 Å². The van der Waals surface area contributed by atoms with Crippen molar-refractivity contribution in [1.82, 2.24) is 9.78 Å². The van der Waals surface area contributed by atoms with Gasteiger partial charge in [0.15, 0.2) is 0 Å². The monoisotopic (exact) mass is 287 g/mol. The summed E-state index contributed by atoms with van der Waals surface area (Å²) < 4.78 is 32.4. The number of hydrogen-bond donors (Lipinski definition) is 1. The third-order valence-corrected chi connectivity index (χ3v) is 5.02. The normalized spacial score (nSPS) is 16.5. The van der Waals surface area contributed by atoms with Gasteiger partial charge in [-0.3, -0.25) is 14.2 Å². The summed E-state index contributed by atoms with van der Waals surface area (Å²) in [4.78, 5) is 11.1. The molecule has 0 spiro atoms. The second kappa shape index (κ2) is 5.60. The van der Waals surface area contributed by atoms with Gasteiger partial charge in [0.1, 0.15) is 6.54 Å². The summed E-state index contributed by atoms with van der Waals surface area (Å²) in [5, 5.41) is 3.58. The number of sulfonamides is 1. The number of nitrogens with one attached hydrogen (secondary N) is 1. The maximum Gasteiger partial charge on any atom is 0.327 e. The highest BCUT2D eigenvalue weighted by Crippen LogP contribution is 2.25. The highest BCUT2D eigenvalue weighted by atomic mass is 32.2. The van der Waals surface area contributed by atoms with E-state index in [1.165, 1.54) is 24.2 Å². The fraction of sp³-hybridized carbons (Fsp3) is 0.636. The Bertz CT molecular complexity index is 546. The molecule has 1 saturated carbocycles. The Kier molecular flexibility index (Phi) is 4.08. The number of ether oxygens (including phenoxy) is 1. The van der Waals surface area contributed by atoms with E-state index in [-0.39, 0.29) is 11.8 Å². The quantitative estimate of drug-likeness (QED) is 0.807. The second-order valence-electron chi connectivity index (χ2n) is 4.56. The van der Waals surface area contributed by atoms with Crippen molar-refractivity contribution in [3.8, 4) is 0 Å². The van der Waals surface area contributed by atoms with E-state index in [1.54, 1.807) is 0 Å². The summed E-state index contributed by atoms with van der Waals surface area (Å²) in [5.74, 6) is -0.437. The first-order valence-corrected chi connectivity index (χ1v) is 7.67. The van der Waals surface area contributed by atoms with Crippen LogP contribution >= 0.6 is 0 Å². The molecule has 1 aromatic rings. The molecule has 0 aromatic carbocycles. The zero-order valence-electron chi connectivity index (χ0n) is 10.7. The summed E-state index contributed by atoms with van der Waals surface area (Å²) in [7, 11) is -2.07. The van der Waals surface area contributed by atoms with Crippen LogP contribution < -0.4 is 4.72 Å². The molecule has 2 rings (SSSR count). The minimum atomic E-state index is -3.35. The molecule has 1 aliphatic carbocycles. The summed E-state index contributed by atoms with van der Waals surface area (Å²) in [6.07, 6.45) is 6.16. The molecule has 1 N–H and O–H groups in total. The average molecular weight is 287 g/mol. The van der Waals surface area contributed by atoms with Crippen LogP contribution in [0.4, 0.5) is 5.69 Å². The van der Waals surface area contributed by atoms with Crippen molar-refractivity contribution < 1.29 is 17.9 Å². The van der Waals surface area contributed by atoms with Crippen LogP contribution in [0.25, 0.3) is 0 Å². The van der Waals surface area contributed by atoms with Crippen molar-refractivity contribution in [1.29, 1.82) is 0 Å². The molecular formula is C11H17N3O4S. The maximum atomic E-state index is 12.1. The molecule has 0 atom stereocenters. The third kappa shape index (κ3) is 3.46. The largest absolute Gasteiger partial charge is 0.468 e. The standard InChI is InChI=1S/C11H17N3O4S/c1-18-11(15)8-14-7-9(6-12-14)13-19(16,17)10-4-2-3-5-10/h6-7,10,13H,2-5,8H2,1H3. The van der Waals surface area contributed by atoms with Crippen molar-refractivity contribution in [3.05, 3.63) is 12.4 Å². The van der Waals surface area contributed by atoms with E-state index in [0.717, 1.165) is 12.8 Å². The zero-order chi connectivity index (χ0) is 13.9. The SMILES string of the molecule is COC(=O)Cn1cc(NS(=O)(=O)C2CCCC2)cn1. The molecule has 0 saturated heterocycles. The Hall–Kier alpha value is -1.57. The molecule has 7 nitrogen and oxygen atoms in total. The van der Waals surface area contributed by atoms with Crippen LogP contribution in [0.3, 0.4) is 0 Å². The summed E-state index contributed by atoms with van der Waals surface area (Å²) in [6.45, 7) is -0.0400. The predicted octanol–water partition coefficient (Wildman–Crippen LogP) is 0.740. The van der Waals surface area contributed by atoms with Gasteiger partial charge in [-0.05, 0) is 12.8 Å². The van der Waals surface area contributed by atoms with Crippen molar-refractivity contribution in [2.24, 2.45) is 0 Å². The van der Waals surface area contributed by atoms with E-state index in [2.05, 4.69) is 14.6 Å². The van der Waals surface area contributed by atoms with E-state index in [0.29, 0.717) is 18.5 Å². The van der Waals surface area contributed by atoms with Gasteiger partial charge in [0.25, 0.3) is 0 Å². The maximum absolute atomic E-state index is 12.1. The average Bonchev–Trinajstić information content (AvgIpc) is 3.00. The molecule has 0 bridgehead atoms. The highest BCUT2D eigenvalue weighted by molar-refractivity contribution is 7.93. The molecule has 1 fully saturated rings. The van der Waals surface area contributed by atoms with Gasteiger partial charge in [-0.2, -0.15) is 5.10 Å². The lowest BCUT2D eigenvalue weighted by molar-refractivity contribution is -0.141. The van der Waals surface area contributed by atoms with E-state index >= 15 is 0 Å². The van der Waals surface area contributed by atoms with Crippen molar-refractivity contribution >= 4 is 21.7 Å². The van der Waals surface area contributed by atoms with E-state index in [9.17, 15) is 13.2 Å². The Morgan fingerprint density at radius 1 is 1.53 bits per heavy atom. The van der Waals surface area contributed by atoms with Crippen molar-refractivity contribution in [3.63, 3.8) is 0 Å². The lowest BCUT2D eigenvalue weighted by Crippen LogP contribution is -2.25. The van der Waals surface area contributed by atoms with Crippen LogP contribution in [0.2, 0.25) is 0 Å². The molecular weight excluding hydrogens is 270 g/mol. The van der Waals surface area contributed by atoms with E-state index < -0.39 is 16.0 Å². The smallest absolute Gasteiger partial charge is 0.327 e. The lowest BCUT2D eigenvalue weighted by atomic mass is 10.4.